The maximum Gasteiger partial charge on any atom is 0.218 e. The molecule has 0 amide bonds. The lowest BCUT2D eigenvalue weighted by Gasteiger charge is -2.35. The summed E-state index contributed by atoms with van der Waals surface area (Å²) < 4.78 is 34.0. The largest absolute Gasteiger partial charge is 0.461 e. The van der Waals surface area contributed by atoms with E-state index in [4.69, 9.17) is 10.2 Å². The molecule has 32 heavy (non-hydrogen) atoms. The van der Waals surface area contributed by atoms with Crippen molar-refractivity contribution >= 4 is 17.2 Å². The molecule has 1 saturated heterocycles. The molecule has 0 saturated carbocycles. The van der Waals surface area contributed by atoms with Crippen molar-refractivity contribution in [2.75, 3.05) is 43.4 Å². The van der Waals surface area contributed by atoms with E-state index in [1.165, 1.54) is 12.1 Å². The van der Waals surface area contributed by atoms with Gasteiger partial charge in [-0.2, -0.15) is 0 Å². The number of rotatable bonds is 3. The van der Waals surface area contributed by atoms with Crippen molar-refractivity contribution in [3.05, 3.63) is 60.1 Å². The van der Waals surface area contributed by atoms with Crippen LogP contribution >= 0.6 is 0 Å². The summed E-state index contributed by atoms with van der Waals surface area (Å²) in [6.45, 7) is 3.24. The van der Waals surface area contributed by atoms with E-state index in [1.807, 2.05) is 4.90 Å². The highest BCUT2D eigenvalue weighted by Crippen LogP contribution is 2.21. The van der Waals surface area contributed by atoms with Gasteiger partial charge in [0, 0.05) is 32.2 Å². The maximum absolute atomic E-state index is 14.0. The van der Waals surface area contributed by atoms with Crippen LogP contribution in [0.4, 0.5) is 20.3 Å². The summed E-state index contributed by atoms with van der Waals surface area (Å²) in [6, 6.07) is 7.19. The van der Waals surface area contributed by atoms with Crippen LogP contribution in [0.5, 0.6) is 0 Å². The summed E-state index contributed by atoms with van der Waals surface area (Å²) in [5.74, 6) is 6.21. The summed E-state index contributed by atoms with van der Waals surface area (Å²) in [5.41, 5.74) is 7.37. The maximum atomic E-state index is 14.0. The van der Waals surface area contributed by atoms with Crippen molar-refractivity contribution in [2.45, 2.75) is 0 Å². The summed E-state index contributed by atoms with van der Waals surface area (Å²) in [5, 5.41) is 4.38. The van der Waals surface area contributed by atoms with Gasteiger partial charge in [0.05, 0.1) is 24.7 Å². The minimum atomic E-state index is -0.573. The van der Waals surface area contributed by atoms with Crippen LogP contribution in [0.25, 0.3) is 17.2 Å². The molecule has 4 aromatic rings. The van der Waals surface area contributed by atoms with Crippen LogP contribution in [0.15, 0.2) is 47.2 Å². The molecule has 1 aliphatic rings. The Morgan fingerprint density at radius 2 is 1.94 bits per heavy atom. The molecule has 5 rings (SSSR count). The number of furan rings is 1. The topological polar surface area (TPSA) is 88.7 Å². The van der Waals surface area contributed by atoms with Crippen LogP contribution in [0.1, 0.15) is 5.69 Å². The molecule has 10 heteroatoms. The molecule has 0 atom stereocenters. The number of nitrogens with zero attached hydrogens (tertiary/aromatic N) is 6. The van der Waals surface area contributed by atoms with E-state index < -0.39 is 11.6 Å². The molecule has 4 heterocycles. The first-order chi connectivity index (χ1) is 15.6. The van der Waals surface area contributed by atoms with Crippen LogP contribution in [0.2, 0.25) is 0 Å². The predicted molar refractivity (Wildman–Crippen MR) is 115 cm³/mol. The first-order valence-electron chi connectivity index (χ1n) is 10.0. The van der Waals surface area contributed by atoms with E-state index in [-0.39, 0.29) is 5.82 Å². The molecular formula is C22H19F2N7O. The first kappa shape index (κ1) is 20.0. The lowest BCUT2D eigenvalue weighted by molar-refractivity contribution is 0.287. The molecule has 0 spiro atoms. The minimum absolute atomic E-state index is 0.233. The average Bonchev–Trinajstić information content (AvgIpc) is 3.45. The second-order valence-electron chi connectivity index (χ2n) is 7.35. The normalized spacial score (nSPS) is 14.5. The third-order valence-electron chi connectivity index (χ3n) is 5.23. The van der Waals surface area contributed by atoms with Crippen LogP contribution < -0.4 is 10.6 Å². The Morgan fingerprint density at radius 3 is 2.69 bits per heavy atom. The fraction of sp³-hybridized carbons (Fsp3) is 0.227. The van der Waals surface area contributed by atoms with Gasteiger partial charge in [0.1, 0.15) is 17.3 Å². The predicted octanol–water partition coefficient (Wildman–Crippen LogP) is 2.42. The van der Waals surface area contributed by atoms with Gasteiger partial charge in [-0.05, 0) is 30.2 Å². The van der Waals surface area contributed by atoms with Gasteiger partial charge in [0.2, 0.25) is 5.82 Å². The second kappa shape index (κ2) is 8.28. The van der Waals surface area contributed by atoms with Crippen LogP contribution in [-0.2, 0) is 0 Å². The Hall–Kier alpha value is -3.97. The number of aromatic nitrogens is 4. The molecule has 0 aliphatic carbocycles. The molecule has 8 nitrogen and oxygen atoms in total. The van der Waals surface area contributed by atoms with Gasteiger partial charge in [-0.1, -0.05) is 5.92 Å². The van der Waals surface area contributed by atoms with Gasteiger partial charge in [-0.25, -0.2) is 23.3 Å². The average molecular weight is 435 g/mol. The number of anilines is 2. The zero-order valence-corrected chi connectivity index (χ0v) is 17.0. The highest BCUT2D eigenvalue weighted by atomic mass is 19.1. The zero-order valence-electron chi connectivity index (χ0n) is 17.0. The minimum Gasteiger partial charge on any atom is -0.461 e. The first-order valence-corrected chi connectivity index (χ1v) is 10.0. The molecule has 3 aromatic heterocycles. The fourth-order valence-electron chi connectivity index (χ4n) is 3.61. The lowest BCUT2D eigenvalue weighted by Crippen LogP contribution is -2.46. The van der Waals surface area contributed by atoms with Crippen molar-refractivity contribution in [3.63, 3.8) is 0 Å². The molecule has 0 bridgehead atoms. The van der Waals surface area contributed by atoms with Gasteiger partial charge < -0.3 is 15.1 Å². The van der Waals surface area contributed by atoms with Gasteiger partial charge in [0.15, 0.2) is 17.2 Å². The summed E-state index contributed by atoms with van der Waals surface area (Å²) in [7, 11) is 0. The van der Waals surface area contributed by atoms with E-state index in [1.54, 1.807) is 29.1 Å². The molecule has 0 unspecified atom stereocenters. The van der Waals surface area contributed by atoms with Gasteiger partial charge in [-0.15, -0.1) is 5.10 Å². The van der Waals surface area contributed by atoms with Crippen molar-refractivity contribution in [1.82, 2.24) is 24.5 Å². The monoisotopic (exact) mass is 435 g/mol. The number of hydrogen-bond acceptors (Lipinski definition) is 7. The quantitative estimate of drug-likeness (QED) is 0.495. The summed E-state index contributed by atoms with van der Waals surface area (Å²) in [4.78, 5) is 12.7. The number of hydrogen-bond donors (Lipinski definition) is 1. The SMILES string of the molecule is Nc1nc(C#CCN2CCN(c3ccc(F)cc3F)CC2)cn2nc(-c3ccco3)nc12. The van der Waals surface area contributed by atoms with Gasteiger partial charge in [0.25, 0.3) is 0 Å². The molecule has 1 aliphatic heterocycles. The third kappa shape index (κ3) is 3.98. The number of benzene rings is 1. The molecule has 2 N–H and O–H groups in total. The van der Waals surface area contributed by atoms with Crippen LogP contribution in [0.3, 0.4) is 0 Å². The number of nitrogen functional groups attached to an aromatic ring is 1. The van der Waals surface area contributed by atoms with Crippen LogP contribution in [0, 0.1) is 23.5 Å². The standard InChI is InChI=1S/C22H19F2N7O/c23-15-5-6-18(17(24)13-15)30-10-8-29(9-11-30)7-1-3-16-14-31-22(20(25)26-16)27-21(28-31)19-4-2-12-32-19/h2,4-6,12-14H,7-11H2,(H2,25,26). The Bertz CT molecular complexity index is 1320. The second-order valence-corrected chi connectivity index (χ2v) is 7.35. The summed E-state index contributed by atoms with van der Waals surface area (Å²) >= 11 is 0. The highest BCUT2D eigenvalue weighted by Gasteiger charge is 2.19. The molecule has 1 aromatic carbocycles. The van der Waals surface area contributed by atoms with Crippen molar-refractivity contribution in [3.8, 4) is 23.4 Å². The molecular weight excluding hydrogens is 416 g/mol. The van der Waals surface area contributed by atoms with Gasteiger partial charge in [-0.3, -0.25) is 4.90 Å². The summed E-state index contributed by atoms with van der Waals surface area (Å²) in [6.07, 6.45) is 3.23. The Labute approximate surface area is 182 Å². The number of fused-ring (bicyclic) bond motifs is 1. The third-order valence-corrected chi connectivity index (χ3v) is 5.23. The Morgan fingerprint density at radius 1 is 1.09 bits per heavy atom. The molecule has 162 valence electrons. The zero-order chi connectivity index (χ0) is 22.1. The lowest BCUT2D eigenvalue weighted by atomic mass is 10.2. The molecule has 1 fully saturated rings. The van der Waals surface area contributed by atoms with E-state index in [0.717, 1.165) is 19.2 Å². The van der Waals surface area contributed by atoms with Gasteiger partial charge >= 0.3 is 0 Å². The van der Waals surface area contributed by atoms with E-state index >= 15 is 0 Å². The number of halogens is 2. The van der Waals surface area contributed by atoms with E-state index in [0.29, 0.717) is 48.2 Å². The van der Waals surface area contributed by atoms with Crippen molar-refractivity contribution < 1.29 is 13.2 Å². The van der Waals surface area contributed by atoms with E-state index in [2.05, 4.69) is 31.8 Å². The Balaban J connectivity index is 1.24. The van der Waals surface area contributed by atoms with E-state index in [9.17, 15) is 8.78 Å². The fourth-order valence-corrected chi connectivity index (χ4v) is 3.61. The Kier molecular flexibility index (Phi) is 5.17. The smallest absolute Gasteiger partial charge is 0.218 e. The number of piperazine rings is 1. The van der Waals surface area contributed by atoms with Crippen molar-refractivity contribution in [2.24, 2.45) is 0 Å². The highest BCUT2D eigenvalue weighted by molar-refractivity contribution is 5.63. The number of nitrogens with two attached hydrogens (primary N) is 1. The molecule has 0 radical (unpaired) electrons. The van der Waals surface area contributed by atoms with Crippen LogP contribution in [-0.4, -0.2) is 57.2 Å². The van der Waals surface area contributed by atoms with Crippen molar-refractivity contribution in [1.29, 1.82) is 0 Å².